The van der Waals surface area contributed by atoms with Gasteiger partial charge in [0.15, 0.2) is 0 Å². The van der Waals surface area contributed by atoms with Crippen molar-refractivity contribution in [3.8, 4) is 0 Å². The van der Waals surface area contributed by atoms with Crippen LogP contribution in [-0.4, -0.2) is 34.5 Å². The molecular formula is C16H20ClNO3. The average Bonchev–Trinajstić information content (AvgIpc) is 2.42. The van der Waals surface area contributed by atoms with E-state index in [1.54, 1.807) is 17.0 Å². The maximum absolute atomic E-state index is 12.7. The maximum atomic E-state index is 12.7. The maximum Gasteiger partial charge on any atom is 0.308 e. The van der Waals surface area contributed by atoms with E-state index in [4.69, 9.17) is 16.7 Å². The lowest BCUT2D eigenvalue weighted by Gasteiger charge is -2.36. The first-order valence-corrected chi connectivity index (χ1v) is 7.49. The molecule has 1 aromatic carbocycles. The Labute approximate surface area is 129 Å². The second kappa shape index (κ2) is 6.06. The molecule has 5 heteroatoms. The third-order valence-electron chi connectivity index (χ3n) is 4.31. The van der Waals surface area contributed by atoms with Crippen molar-refractivity contribution in [2.75, 3.05) is 6.54 Å². The highest BCUT2D eigenvalue weighted by atomic mass is 35.5. The third-order valence-corrected chi connectivity index (χ3v) is 4.62. The first-order chi connectivity index (χ1) is 9.81. The van der Waals surface area contributed by atoms with Crippen molar-refractivity contribution in [3.05, 3.63) is 33.8 Å². The standard InChI is InChI=1S/C16H20ClNO3/c1-9-6-13(14(17)7-10(9)2)15(19)18-8-12(16(20)21)5-4-11(18)3/h6-7,11-12H,4-5,8H2,1-3H3,(H,20,21). The van der Waals surface area contributed by atoms with Crippen LogP contribution in [0.1, 0.15) is 41.3 Å². The highest BCUT2D eigenvalue weighted by molar-refractivity contribution is 6.34. The molecule has 1 aliphatic rings. The SMILES string of the molecule is Cc1cc(Cl)c(C(=O)N2CC(C(=O)O)CCC2C)cc1C. The first-order valence-electron chi connectivity index (χ1n) is 7.11. The average molecular weight is 310 g/mol. The number of carboxylic acid groups (broad SMARTS) is 1. The van der Waals surface area contributed by atoms with E-state index in [1.807, 2.05) is 20.8 Å². The summed E-state index contributed by atoms with van der Waals surface area (Å²) in [5.74, 6) is -1.51. The molecule has 0 aliphatic carbocycles. The van der Waals surface area contributed by atoms with Gasteiger partial charge >= 0.3 is 5.97 Å². The fourth-order valence-electron chi connectivity index (χ4n) is 2.69. The van der Waals surface area contributed by atoms with Gasteiger partial charge in [0.25, 0.3) is 5.91 Å². The van der Waals surface area contributed by atoms with E-state index < -0.39 is 11.9 Å². The molecule has 1 fully saturated rings. The number of rotatable bonds is 2. The van der Waals surface area contributed by atoms with Crippen LogP contribution in [-0.2, 0) is 4.79 Å². The van der Waals surface area contributed by atoms with Crippen LogP contribution in [0.3, 0.4) is 0 Å². The van der Waals surface area contributed by atoms with Crippen LogP contribution >= 0.6 is 11.6 Å². The zero-order chi connectivity index (χ0) is 15.7. The minimum Gasteiger partial charge on any atom is -0.481 e. The Morgan fingerprint density at radius 3 is 2.48 bits per heavy atom. The van der Waals surface area contributed by atoms with Crippen molar-refractivity contribution in [1.82, 2.24) is 4.90 Å². The van der Waals surface area contributed by atoms with Crippen LogP contribution in [0.5, 0.6) is 0 Å². The molecule has 21 heavy (non-hydrogen) atoms. The number of carboxylic acids is 1. The van der Waals surface area contributed by atoms with Gasteiger partial charge in [0.2, 0.25) is 0 Å². The number of nitrogens with zero attached hydrogens (tertiary/aromatic N) is 1. The van der Waals surface area contributed by atoms with Crippen LogP contribution in [0.2, 0.25) is 5.02 Å². The predicted molar refractivity (Wildman–Crippen MR) is 81.8 cm³/mol. The van der Waals surface area contributed by atoms with Crippen molar-refractivity contribution >= 4 is 23.5 Å². The van der Waals surface area contributed by atoms with Crippen molar-refractivity contribution in [2.24, 2.45) is 5.92 Å². The number of carbonyl (C=O) groups excluding carboxylic acids is 1. The fourth-order valence-corrected chi connectivity index (χ4v) is 2.99. The van der Waals surface area contributed by atoms with E-state index in [1.165, 1.54) is 0 Å². The minimum absolute atomic E-state index is 0.0331. The van der Waals surface area contributed by atoms with E-state index in [0.717, 1.165) is 11.1 Å². The summed E-state index contributed by atoms with van der Waals surface area (Å²) in [6, 6.07) is 3.61. The molecule has 1 N–H and O–H groups in total. The summed E-state index contributed by atoms with van der Waals surface area (Å²) in [5.41, 5.74) is 2.49. The van der Waals surface area contributed by atoms with E-state index in [2.05, 4.69) is 0 Å². The molecule has 114 valence electrons. The number of benzene rings is 1. The predicted octanol–water partition coefficient (Wildman–Crippen LogP) is 3.28. The summed E-state index contributed by atoms with van der Waals surface area (Å²) in [6.45, 7) is 6.07. The Bertz CT molecular complexity index is 585. The lowest BCUT2D eigenvalue weighted by atomic mass is 9.92. The summed E-state index contributed by atoms with van der Waals surface area (Å²) >= 11 is 6.20. The molecule has 1 saturated heterocycles. The zero-order valence-electron chi connectivity index (χ0n) is 12.5. The third kappa shape index (κ3) is 3.21. The van der Waals surface area contributed by atoms with Crippen LogP contribution < -0.4 is 0 Å². The molecule has 0 aromatic heterocycles. The molecule has 2 atom stereocenters. The van der Waals surface area contributed by atoms with Gasteiger partial charge in [-0.15, -0.1) is 0 Å². The largest absolute Gasteiger partial charge is 0.481 e. The summed E-state index contributed by atoms with van der Waals surface area (Å²) < 4.78 is 0. The number of aliphatic carboxylic acids is 1. The van der Waals surface area contributed by atoms with Gasteiger partial charge in [0, 0.05) is 12.6 Å². The molecule has 1 heterocycles. The van der Waals surface area contributed by atoms with Gasteiger partial charge in [-0.25, -0.2) is 0 Å². The molecular weight excluding hydrogens is 290 g/mol. The Morgan fingerprint density at radius 2 is 1.86 bits per heavy atom. The van der Waals surface area contributed by atoms with Crippen molar-refractivity contribution in [3.63, 3.8) is 0 Å². The van der Waals surface area contributed by atoms with Gasteiger partial charge in [0.05, 0.1) is 16.5 Å². The monoisotopic (exact) mass is 309 g/mol. The number of piperidine rings is 1. The summed E-state index contributed by atoms with van der Waals surface area (Å²) in [7, 11) is 0. The van der Waals surface area contributed by atoms with E-state index in [0.29, 0.717) is 23.4 Å². The number of hydrogen-bond donors (Lipinski definition) is 1. The van der Waals surface area contributed by atoms with E-state index in [9.17, 15) is 9.59 Å². The zero-order valence-corrected chi connectivity index (χ0v) is 13.3. The van der Waals surface area contributed by atoms with Crippen LogP contribution in [0, 0.1) is 19.8 Å². The number of halogens is 1. The Balaban J connectivity index is 2.30. The molecule has 1 amide bonds. The highest BCUT2D eigenvalue weighted by Gasteiger charge is 2.33. The Hall–Kier alpha value is -1.55. The number of likely N-dealkylation sites (tertiary alicyclic amines) is 1. The molecule has 2 rings (SSSR count). The minimum atomic E-state index is -0.842. The molecule has 2 unspecified atom stereocenters. The number of aryl methyl sites for hydroxylation is 2. The summed E-state index contributed by atoms with van der Waals surface area (Å²) in [5, 5.41) is 9.59. The second-order valence-corrected chi connectivity index (χ2v) is 6.24. The fraction of sp³-hybridized carbons (Fsp3) is 0.500. The molecule has 0 saturated carbocycles. The smallest absolute Gasteiger partial charge is 0.308 e. The van der Waals surface area contributed by atoms with Gasteiger partial charge in [-0.3, -0.25) is 9.59 Å². The Morgan fingerprint density at radius 1 is 1.24 bits per heavy atom. The lowest BCUT2D eigenvalue weighted by molar-refractivity contribution is -0.143. The second-order valence-electron chi connectivity index (χ2n) is 5.84. The van der Waals surface area contributed by atoms with Crippen LogP contribution in [0.4, 0.5) is 0 Å². The molecule has 4 nitrogen and oxygen atoms in total. The summed E-state index contributed by atoms with van der Waals surface area (Å²) in [4.78, 5) is 25.5. The quantitative estimate of drug-likeness (QED) is 0.912. The normalized spacial score (nSPS) is 22.2. The lowest BCUT2D eigenvalue weighted by Crippen LogP contribution is -2.47. The van der Waals surface area contributed by atoms with Crippen molar-refractivity contribution in [2.45, 2.75) is 39.7 Å². The molecule has 1 aliphatic heterocycles. The van der Waals surface area contributed by atoms with Crippen LogP contribution in [0.15, 0.2) is 12.1 Å². The number of amides is 1. The van der Waals surface area contributed by atoms with Gasteiger partial charge in [0.1, 0.15) is 0 Å². The first kappa shape index (κ1) is 15.8. The van der Waals surface area contributed by atoms with Gasteiger partial charge < -0.3 is 10.0 Å². The van der Waals surface area contributed by atoms with Crippen LogP contribution in [0.25, 0.3) is 0 Å². The number of carbonyl (C=O) groups is 2. The number of hydrogen-bond acceptors (Lipinski definition) is 2. The van der Waals surface area contributed by atoms with Gasteiger partial charge in [-0.05, 0) is 56.9 Å². The highest BCUT2D eigenvalue weighted by Crippen LogP contribution is 2.27. The topological polar surface area (TPSA) is 57.6 Å². The van der Waals surface area contributed by atoms with E-state index >= 15 is 0 Å². The molecule has 0 radical (unpaired) electrons. The molecule has 1 aromatic rings. The van der Waals surface area contributed by atoms with E-state index in [-0.39, 0.29) is 18.5 Å². The summed E-state index contributed by atoms with van der Waals surface area (Å²) in [6.07, 6.45) is 1.31. The van der Waals surface area contributed by atoms with Gasteiger partial charge in [-0.2, -0.15) is 0 Å². The molecule has 0 bridgehead atoms. The van der Waals surface area contributed by atoms with Crippen molar-refractivity contribution < 1.29 is 14.7 Å². The Kier molecular flexibility index (Phi) is 4.57. The molecule has 0 spiro atoms. The van der Waals surface area contributed by atoms with Gasteiger partial charge in [-0.1, -0.05) is 11.6 Å². The van der Waals surface area contributed by atoms with Crippen molar-refractivity contribution in [1.29, 1.82) is 0 Å².